The molecule has 0 atom stereocenters. The van der Waals surface area contributed by atoms with E-state index in [-0.39, 0.29) is 0 Å². The van der Waals surface area contributed by atoms with Gasteiger partial charge in [-0.25, -0.2) is 4.98 Å². The topological polar surface area (TPSA) is 38.9 Å². The van der Waals surface area contributed by atoms with Crippen molar-refractivity contribution in [3.05, 3.63) is 22.8 Å². The molecule has 0 bridgehead atoms. The highest BCUT2D eigenvalue weighted by atomic mass is 79.9. The molecule has 0 aliphatic heterocycles. The van der Waals surface area contributed by atoms with Crippen LogP contribution in [0.1, 0.15) is 0 Å². The Balaban J connectivity index is 0.000000292. The zero-order valence-electron chi connectivity index (χ0n) is 6.54. The number of halogens is 1. The zero-order valence-corrected chi connectivity index (χ0v) is 8.95. The number of hydrogen-bond acceptors (Lipinski definition) is 3. The number of nitrogens with two attached hydrogens (primary N) is 1. The van der Waals surface area contributed by atoms with Crippen molar-refractivity contribution in [3.8, 4) is 0 Å². The predicted octanol–water partition coefficient (Wildman–Crippen LogP) is 2.41. The summed E-state index contributed by atoms with van der Waals surface area (Å²) in [6.07, 6.45) is 4.08. The zero-order chi connectivity index (χ0) is 8.69. The molecule has 4 heteroatoms. The number of thioether (sulfide) groups is 1. The number of aromatic nitrogens is 1. The van der Waals surface area contributed by atoms with E-state index in [4.69, 9.17) is 5.73 Å². The smallest absolute Gasteiger partial charge is 0.124 e. The predicted molar refractivity (Wildman–Crippen MR) is 55.8 cm³/mol. The lowest BCUT2D eigenvalue weighted by molar-refractivity contribution is 1.29. The third-order valence-corrected chi connectivity index (χ3v) is 1.18. The Kier molecular flexibility index (Phi) is 6.36. The molecule has 2 N–H and O–H groups in total. The number of hydrogen-bond donors (Lipinski definition) is 1. The van der Waals surface area contributed by atoms with Crippen LogP contribution in [0, 0.1) is 0 Å². The Bertz CT molecular complexity index is 188. The van der Waals surface area contributed by atoms with Gasteiger partial charge in [-0.15, -0.1) is 0 Å². The van der Waals surface area contributed by atoms with Gasteiger partial charge in [0.05, 0.1) is 0 Å². The summed E-state index contributed by atoms with van der Waals surface area (Å²) in [6, 6.07) is 5.41. The Morgan fingerprint density at radius 1 is 1.45 bits per heavy atom. The average Bonchev–Trinajstić information content (AvgIpc) is 1.88. The first-order valence-corrected chi connectivity index (χ1v) is 5.41. The van der Waals surface area contributed by atoms with Crippen LogP contribution in [0.4, 0.5) is 5.82 Å². The van der Waals surface area contributed by atoms with Crippen LogP contribution < -0.4 is 5.73 Å². The van der Waals surface area contributed by atoms with Gasteiger partial charge in [0.1, 0.15) is 10.4 Å². The minimum atomic E-state index is 0.541. The van der Waals surface area contributed by atoms with Gasteiger partial charge in [-0.2, -0.15) is 11.8 Å². The fraction of sp³-hybridized carbons (Fsp3) is 0.286. The van der Waals surface area contributed by atoms with Crippen molar-refractivity contribution >= 4 is 33.5 Å². The molecule has 0 saturated heterocycles. The van der Waals surface area contributed by atoms with Gasteiger partial charge in [0, 0.05) is 0 Å². The SMILES string of the molecule is CSC.Nc1cccc(Br)n1. The van der Waals surface area contributed by atoms with Gasteiger partial charge in [-0.05, 0) is 40.6 Å². The van der Waals surface area contributed by atoms with E-state index in [1.807, 2.05) is 24.6 Å². The Hall–Kier alpha value is -0.220. The van der Waals surface area contributed by atoms with E-state index in [0.717, 1.165) is 4.60 Å². The largest absolute Gasteiger partial charge is 0.384 e. The third-order valence-electron chi connectivity index (χ3n) is 0.737. The quantitative estimate of drug-likeness (QED) is 0.702. The summed E-state index contributed by atoms with van der Waals surface area (Å²) >= 11 is 4.92. The van der Waals surface area contributed by atoms with E-state index in [2.05, 4.69) is 20.9 Å². The molecule has 0 radical (unpaired) electrons. The average molecular weight is 235 g/mol. The molecule has 0 aromatic carbocycles. The molecular formula is C7H11BrN2S. The Morgan fingerprint density at radius 2 is 2.00 bits per heavy atom. The maximum atomic E-state index is 5.32. The molecule has 62 valence electrons. The van der Waals surface area contributed by atoms with Crippen LogP contribution in [0.25, 0.3) is 0 Å². The highest BCUT2D eigenvalue weighted by Gasteiger charge is 1.84. The second-order valence-corrected chi connectivity index (χ2v) is 3.42. The first-order valence-electron chi connectivity index (χ1n) is 2.99. The summed E-state index contributed by atoms with van der Waals surface area (Å²) in [5.41, 5.74) is 5.32. The van der Waals surface area contributed by atoms with Gasteiger partial charge in [0.2, 0.25) is 0 Å². The molecule has 0 unspecified atom stereocenters. The van der Waals surface area contributed by atoms with Crippen molar-refractivity contribution < 1.29 is 0 Å². The lowest BCUT2D eigenvalue weighted by atomic mass is 10.5. The lowest BCUT2D eigenvalue weighted by Crippen LogP contribution is -1.87. The third kappa shape index (κ3) is 6.19. The maximum Gasteiger partial charge on any atom is 0.124 e. The van der Waals surface area contributed by atoms with E-state index in [9.17, 15) is 0 Å². The molecule has 0 spiro atoms. The van der Waals surface area contributed by atoms with Gasteiger partial charge >= 0.3 is 0 Å². The minimum absolute atomic E-state index is 0.541. The summed E-state index contributed by atoms with van der Waals surface area (Å²) in [6.45, 7) is 0. The fourth-order valence-electron chi connectivity index (χ4n) is 0.424. The van der Waals surface area contributed by atoms with Gasteiger partial charge in [0.15, 0.2) is 0 Å². The van der Waals surface area contributed by atoms with Crippen LogP contribution in [-0.2, 0) is 0 Å². The Labute approximate surface area is 79.7 Å². The highest BCUT2D eigenvalue weighted by Crippen LogP contribution is 2.05. The molecule has 0 aliphatic carbocycles. The first kappa shape index (κ1) is 10.8. The van der Waals surface area contributed by atoms with Crippen molar-refractivity contribution in [1.29, 1.82) is 0 Å². The van der Waals surface area contributed by atoms with Crippen LogP contribution in [0.15, 0.2) is 22.8 Å². The summed E-state index contributed by atoms with van der Waals surface area (Å²) < 4.78 is 0.775. The van der Waals surface area contributed by atoms with E-state index in [1.54, 1.807) is 17.8 Å². The van der Waals surface area contributed by atoms with E-state index < -0.39 is 0 Å². The molecule has 0 fully saturated rings. The molecular weight excluding hydrogens is 224 g/mol. The van der Waals surface area contributed by atoms with Gasteiger partial charge in [0.25, 0.3) is 0 Å². The van der Waals surface area contributed by atoms with E-state index in [1.165, 1.54) is 0 Å². The first-order chi connectivity index (χ1) is 5.20. The molecule has 1 aromatic heterocycles. The Morgan fingerprint density at radius 3 is 2.27 bits per heavy atom. The van der Waals surface area contributed by atoms with E-state index in [0.29, 0.717) is 5.82 Å². The summed E-state index contributed by atoms with van der Waals surface area (Å²) in [7, 11) is 0. The number of anilines is 1. The lowest BCUT2D eigenvalue weighted by Gasteiger charge is -1.88. The monoisotopic (exact) mass is 234 g/mol. The molecule has 1 heterocycles. The number of rotatable bonds is 0. The molecule has 0 saturated carbocycles. The normalized spacial score (nSPS) is 8.27. The van der Waals surface area contributed by atoms with Crippen LogP contribution >= 0.6 is 27.7 Å². The standard InChI is InChI=1S/C5H5BrN2.C2H6S/c6-4-2-1-3-5(7)8-4;1-3-2/h1-3H,(H2,7,8);1-2H3. The van der Waals surface area contributed by atoms with Crippen LogP contribution in [-0.4, -0.2) is 17.5 Å². The molecule has 0 amide bonds. The van der Waals surface area contributed by atoms with Crippen molar-refractivity contribution in [3.63, 3.8) is 0 Å². The molecule has 0 aliphatic rings. The number of nitrogen functional groups attached to an aromatic ring is 1. The molecule has 2 nitrogen and oxygen atoms in total. The summed E-state index contributed by atoms with van der Waals surface area (Å²) in [5, 5.41) is 0. The molecule has 1 rings (SSSR count). The maximum absolute atomic E-state index is 5.32. The second-order valence-electron chi connectivity index (χ2n) is 1.79. The highest BCUT2D eigenvalue weighted by molar-refractivity contribution is 9.10. The van der Waals surface area contributed by atoms with Crippen molar-refractivity contribution in [2.24, 2.45) is 0 Å². The van der Waals surface area contributed by atoms with Gasteiger partial charge in [-0.3, -0.25) is 0 Å². The summed E-state index contributed by atoms with van der Waals surface area (Å²) in [5.74, 6) is 0.541. The van der Waals surface area contributed by atoms with Crippen molar-refractivity contribution in [2.45, 2.75) is 0 Å². The van der Waals surface area contributed by atoms with Crippen LogP contribution in [0.2, 0.25) is 0 Å². The summed E-state index contributed by atoms with van der Waals surface area (Å²) in [4.78, 5) is 3.87. The second kappa shape index (κ2) is 6.49. The number of pyridine rings is 1. The van der Waals surface area contributed by atoms with Crippen LogP contribution in [0.3, 0.4) is 0 Å². The fourth-order valence-corrected chi connectivity index (χ4v) is 0.781. The minimum Gasteiger partial charge on any atom is -0.384 e. The van der Waals surface area contributed by atoms with Crippen LogP contribution in [0.5, 0.6) is 0 Å². The van der Waals surface area contributed by atoms with Crippen molar-refractivity contribution in [2.75, 3.05) is 18.2 Å². The van der Waals surface area contributed by atoms with E-state index >= 15 is 0 Å². The van der Waals surface area contributed by atoms with Crippen molar-refractivity contribution in [1.82, 2.24) is 4.98 Å². The van der Waals surface area contributed by atoms with Gasteiger partial charge < -0.3 is 5.73 Å². The number of nitrogens with zero attached hydrogens (tertiary/aromatic N) is 1. The molecule has 11 heavy (non-hydrogen) atoms. The molecule has 1 aromatic rings. The van der Waals surface area contributed by atoms with Gasteiger partial charge in [-0.1, -0.05) is 6.07 Å².